The number of hydrogen-bond acceptors (Lipinski definition) is 5. The zero-order valence-electron chi connectivity index (χ0n) is 16.9. The third-order valence-electron chi connectivity index (χ3n) is 7.45. The monoisotopic (exact) mass is 378 g/mol. The first-order chi connectivity index (χ1) is 13.2. The lowest BCUT2D eigenvalue weighted by molar-refractivity contribution is -0.125. The predicted molar refractivity (Wildman–Crippen MR) is 106 cm³/mol. The lowest BCUT2D eigenvalue weighted by Gasteiger charge is -2.34. The third kappa shape index (κ3) is 4.84. The van der Waals surface area contributed by atoms with Crippen molar-refractivity contribution in [1.82, 2.24) is 21.2 Å². The molecule has 0 aromatic rings. The van der Waals surface area contributed by atoms with Gasteiger partial charge < -0.3 is 5.32 Å². The van der Waals surface area contributed by atoms with Crippen LogP contribution in [0.2, 0.25) is 0 Å². The minimum atomic E-state index is -0.193. The largest absolute Gasteiger partial charge is 0.349 e. The van der Waals surface area contributed by atoms with Crippen molar-refractivity contribution in [2.45, 2.75) is 102 Å². The highest BCUT2D eigenvalue weighted by atomic mass is 16.7. The van der Waals surface area contributed by atoms with Crippen LogP contribution >= 0.6 is 0 Å². The quantitative estimate of drug-likeness (QED) is 0.686. The highest BCUT2D eigenvalue weighted by Gasteiger charge is 2.38. The van der Waals surface area contributed by atoms with E-state index in [0.29, 0.717) is 12.0 Å². The first-order valence-electron chi connectivity index (χ1n) is 11.4. The van der Waals surface area contributed by atoms with Gasteiger partial charge in [-0.2, -0.15) is 5.48 Å². The van der Waals surface area contributed by atoms with Gasteiger partial charge in [-0.25, -0.2) is 5.01 Å². The van der Waals surface area contributed by atoms with Gasteiger partial charge in [-0.3, -0.25) is 15.1 Å². The third-order valence-corrected chi connectivity index (χ3v) is 7.45. The fourth-order valence-corrected chi connectivity index (χ4v) is 5.63. The Kier molecular flexibility index (Phi) is 6.69. The van der Waals surface area contributed by atoms with Crippen LogP contribution in [0.1, 0.15) is 77.6 Å². The summed E-state index contributed by atoms with van der Waals surface area (Å²) < 4.78 is 0. The molecule has 4 fully saturated rings. The summed E-state index contributed by atoms with van der Waals surface area (Å²) in [6.07, 6.45) is 14.3. The molecule has 0 bridgehead atoms. The van der Waals surface area contributed by atoms with Crippen LogP contribution in [0.4, 0.5) is 0 Å². The van der Waals surface area contributed by atoms with Crippen molar-refractivity contribution in [1.29, 1.82) is 0 Å². The standard InChI is InChI=1S/C21H38N4O2/c1-15(16-8-4-2-5-9-16)25-14-18(13-22-25)23-21(26)19-12-20(27-24-19)17-10-6-3-7-11-17/h15-20,22,24H,2-14H2,1H3,(H,23,26). The van der Waals surface area contributed by atoms with Crippen LogP contribution in [-0.4, -0.2) is 48.2 Å². The van der Waals surface area contributed by atoms with E-state index in [2.05, 4.69) is 28.2 Å². The van der Waals surface area contributed by atoms with Gasteiger partial charge in [0.05, 0.1) is 12.1 Å². The summed E-state index contributed by atoms with van der Waals surface area (Å²) in [7, 11) is 0. The zero-order chi connectivity index (χ0) is 18.6. The van der Waals surface area contributed by atoms with Gasteiger partial charge in [-0.05, 0) is 44.4 Å². The molecule has 4 aliphatic rings. The molecule has 0 radical (unpaired) electrons. The molecule has 1 amide bonds. The topological polar surface area (TPSA) is 65.6 Å². The summed E-state index contributed by atoms with van der Waals surface area (Å²) >= 11 is 0. The molecule has 2 heterocycles. The minimum Gasteiger partial charge on any atom is -0.349 e. The number of nitrogens with one attached hydrogen (secondary N) is 3. The molecule has 2 aliphatic carbocycles. The number of carbonyl (C=O) groups is 1. The molecule has 6 nitrogen and oxygen atoms in total. The van der Waals surface area contributed by atoms with Crippen molar-refractivity contribution in [2.24, 2.45) is 11.8 Å². The van der Waals surface area contributed by atoms with Crippen molar-refractivity contribution < 1.29 is 9.63 Å². The Morgan fingerprint density at radius 1 is 1.07 bits per heavy atom. The van der Waals surface area contributed by atoms with E-state index in [1.807, 2.05) is 0 Å². The average Bonchev–Trinajstić information content (AvgIpc) is 3.39. The normalized spacial score (nSPS) is 35.4. The highest BCUT2D eigenvalue weighted by molar-refractivity contribution is 5.82. The first kappa shape index (κ1) is 19.6. The smallest absolute Gasteiger partial charge is 0.239 e. The van der Waals surface area contributed by atoms with Crippen LogP contribution in [0.25, 0.3) is 0 Å². The van der Waals surface area contributed by atoms with Crippen molar-refractivity contribution in [3.63, 3.8) is 0 Å². The molecule has 2 saturated heterocycles. The Bertz CT molecular complexity index is 491. The molecule has 3 N–H and O–H groups in total. The lowest BCUT2D eigenvalue weighted by atomic mass is 9.83. The van der Waals surface area contributed by atoms with Crippen molar-refractivity contribution in [3.8, 4) is 0 Å². The Morgan fingerprint density at radius 2 is 1.78 bits per heavy atom. The van der Waals surface area contributed by atoms with E-state index in [0.717, 1.165) is 25.4 Å². The number of amides is 1. The number of rotatable bonds is 5. The zero-order valence-corrected chi connectivity index (χ0v) is 16.9. The van der Waals surface area contributed by atoms with Gasteiger partial charge in [0.25, 0.3) is 0 Å². The SMILES string of the molecule is CC(C1CCCCC1)N1CC(NC(=O)C2CC(C3CCCCC3)ON2)CN1. The van der Waals surface area contributed by atoms with Crippen LogP contribution in [0.15, 0.2) is 0 Å². The summed E-state index contributed by atoms with van der Waals surface area (Å²) in [6.45, 7) is 4.08. The van der Waals surface area contributed by atoms with Crippen molar-refractivity contribution in [2.75, 3.05) is 13.1 Å². The van der Waals surface area contributed by atoms with Crippen molar-refractivity contribution in [3.05, 3.63) is 0 Å². The van der Waals surface area contributed by atoms with Gasteiger partial charge in [0.1, 0.15) is 6.04 Å². The summed E-state index contributed by atoms with van der Waals surface area (Å²) in [4.78, 5) is 18.5. The van der Waals surface area contributed by atoms with Gasteiger partial charge in [0.15, 0.2) is 0 Å². The summed E-state index contributed by atoms with van der Waals surface area (Å²) in [5.41, 5.74) is 6.54. The van der Waals surface area contributed by atoms with E-state index in [-0.39, 0.29) is 24.1 Å². The van der Waals surface area contributed by atoms with Gasteiger partial charge in [0, 0.05) is 25.6 Å². The van der Waals surface area contributed by atoms with Crippen LogP contribution < -0.4 is 16.2 Å². The van der Waals surface area contributed by atoms with Gasteiger partial charge in [-0.1, -0.05) is 38.5 Å². The highest BCUT2D eigenvalue weighted by Crippen LogP contribution is 2.32. The molecule has 27 heavy (non-hydrogen) atoms. The molecular weight excluding hydrogens is 340 g/mol. The second-order valence-electron chi connectivity index (χ2n) is 9.32. The maximum absolute atomic E-state index is 12.7. The van der Waals surface area contributed by atoms with Crippen LogP contribution in [0.5, 0.6) is 0 Å². The van der Waals surface area contributed by atoms with Crippen LogP contribution in [0, 0.1) is 11.8 Å². The van der Waals surface area contributed by atoms with E-state index < -0.39 is 0 Å². The molecule has 4 rings (SSSR count). The minimum absolute atomic E-state index is 0.104. The predicted octanol–water partition coefficient (Wildman–Crippen LogP) is 2.50. The number of hydroxylamine groups is 1. The molecule has 154 valence electrons. The Morgan fingerprint density at radius 3 is 2.52 bits per heavy atom. The van der Waals surface area contributed by atoms with E-state index in [1.54, 1.807) is 0 Å². The van der Waals surface area contributed by atoms with Crippen LogP contribution in [0.3, 0.4) is 0 Å². The fourth-order valence-electron chi connectivity index (χ4n) is 5.63. The number of carbonyl (C=O) groups excluding carboxylic acids is 1. The number of nitrogens with zero attached hydrogens (tertiary/aromatic N) is 1. The van der Waals surface area contributed by atoms with Crippen molar-refractivity contribution >= 4 is 5.91 Å². The summed E-state index contributed by atoms with van der Waals surface area (Å²) in [5.74, 6) is 1.53. The van der Waals surface area contributed by atoms with Gasteiger partial charge in [0.2, 0.25) is 5.91 Å². The molecule has 0 aromatic carbocycles. The second kappa shape index (κ2) is 9.21. The Labute approximate surface area is 164 Å². The molecule has 0 spiro atoms. The summed E-state index contributed by atoms with van der Waals surface area (Å²) in [6, 6.07) is 0.552. The lowest BCUT2D eigenvalue weighted by Crippen LogP contribution is -2.47. The molecule has 2 saturated carbocycles. The van der Waals surface area contributed by atoms with Crippen LogP contribution in [-0.2, 0) is 9.63 Å². The number of hydrogen-bond donors (Lipinski definition) is 3. The maximum atomic E-state index is 12.7. The Hall–Kier alpha value is -0.690. The van der Waals surface area contributed by atoms with Gasteiger partial charge in [-0.15, -0.1) is 0 Å². The Balaban J connectivity index is 1.21. The maximum Gasteiger partial charge on any atom is 0.239 e. The number of hydrazine groups is 1. The van der Waals surface area contributed by atoms with E-state index in [9.17, 15) is 4.79 Å². The van der Waals surface area contributed by atoms with E-state index in [1.165, 1.54) is 64.2 Å². The molecule has 0 aromatic heterocycles. The average molecular weight is 379 g/mol. The van der Waals surface area contributed by atoms with E-state index >= 15 is 0 Å². The second-order valence-corrected chi connectivity index (χ2v) is 9.32. The molecular formula is C21H38N4O2. The molecule has 6 heteroatoms. The summed E-state index contributed by atoms with van der Waals surface area (Å²) in [5, 5.41) is 5.61. The molecule has 4 atom stereocenters. The molecule has 4 unspecified atom stereocenters. The fraction of sp³-hybridized carbons (Fsp3) is 0.952. The first-order valence-corrected chi connectivity index (χ1v) is 11.4. The van der Waals surface area contributed by atoms with E-state index in [4.69, 9.17) is 4.84 Å². The molecule has 2 aliphatic heterocycles. The van der Waals surface area contributed by atoms with Gasteiger partial charge >= 0.3 is 0 Å².